The van der Waals surface area contributed by atoms with Gasteiger partial charge in [0, 0.05) is 23.3 Å². The van der Waals surface area contributed by atoms with Crippen LogP contribution in [0.25, 0.3) is 0 Å². The molecule has 1 aromatic carbocycles. The van der Waals surface area contributed by atoms with Gasteiger partial charge in [0.1, 0.15) is 11.6 Å². The molecular weight excluding hydrogens is 478 g/mol. The quantitative estimate of drug-likeness (QED) is 0.536. The number of carbonyl (C=O) groups excluding carboxylic acids is 3. The Labute approximate surface area is 218 Å². The number of fused-ring (bicyclic) bond motifs is 1. The van der Waals surface area contributed by atoms with E-state index in [9.17, 15) is 14.4 Å². The van der Waals surface area contributed by atoms with Crippen molar-refractivity contribution in [3.63, 3.8) is 0 Å². The number of nitrogens with one attached hydrogen (secondary N) is 2. The summed E-state index contributed by atoms with van der Waals surface area (Å²) >= 11 is 5.98. The van der Waals surface area contributed by atoms with Crippen LogP contribution in [0, 0.1) is 23.7 Å². The summed E-state index contributed by atoms with van der Waals surface area (Å²) in [6, 6.07) is 6.17. The number of amides is 3. The third-order valence-corrected chi connectivity index (χ3v) is 9.08. The van der Waals surface area contributed by atoms with Gasteiger partial charge in [0.2, 0.25) is 17.7 Å². The first-order chi connectivity index (χ1) is 17.3. The fourth-order valence-electron chi connectivity index (χ4n) is 6.64. The molecule has 4 aliphatic rings. The molecule has 8 heteroatoms. The molecule has 0 radical (unpaired) electrons. The summed E-state index contributed by atoms with van der Waals surface area (Å²) in [5.74, 6) is -1.14. The second-order valence-corrected chi connectivity index (χ2v) is 11.4. The number of ether oxygens (including phenoxy) is 1. The summed E-state index contributed by atoms with van der Waals surface area (Å²) in [4.78, 5) is 42.8. The second-order valence-electron chi connectivity index (χ2n) is 11.0. The van der Waals surface area contributed by atoms with Gasteiger partial charge in [-0.3, -0.25) is 14.4 Å². The van der Waals surface area contributed by atoms with Gasteiger partial charge in [-0.1, -0.05) is 63.8 Å². The first-order valence-corrected chi connectivity index (χ1v) is 13.7. The molecule has 2 saturated heterocycles. The highest BCUT2D eigenvalue weighted by molar-refractivity contribution is 6.30. The number of hydrogen-bond acceptors (Lipinski definition) is 4. The van der Waals surface area contributed by atoms with E-state index in [1.807, 2.05) is 12.2 Å². The molecule has 3 amide bonds. The molecule has 8 atom stereocenters. The molecule has 36 heavy (non-hydrogen) atoms. The van der Waals surface area contributed by atoms with Crippen LogP contribution in [0.15, 0.2) is 36.4 Å². The fraction of sp³-hybridized carbons (Fsp3) is 0.607. The molecule has 3 aliphatic heterocycles. The molecular formula is C28H36ClN3O4. The van der Waals surface area contributed by atoms with Gasteiger partial charge in [0.25, 0.3) is 0 Å². The number of carbonyl (C=O) groups is 3. The predicted octanol–water partition coefficient (Wildman–Crippen LogP) is 4.17. The molecule has 2 bridgehead atoms. The number of likely N-dealkylation sites (tertiary alicyclic amines) is 1. The lowest BCUT2D eigenvalue weighted by Gasteiger charge is -2.38. The summed E-state index contributed by atoms with van der Waals surface area (Å²) in [5, 5.41) is 6.78. The Morgan fingerprint density at radius 3 is 2.64 bits per heavy atom. The summed E-state index contributed by atoms with van der Waals surface area (Å²) < 4.78 is 6.41. The molecule has 1 saturated carbocycles. The van der Waals surface area contributed by atoms with Crippen LogP contribution in [0.1, 0.15) is 52.9 Å². The predicted molar refractivity (Wildman–Crippen MR) is 138 cm³/mol. The van der Waals surface area contributed by atoms with Gasteiger partial charge in [-0.2, -0.15) is 0 Å². The standard InChI is InChI=1S/C28H36ClN3O4/c1-4-5-15-32-24(26(34)31-20-8-6-7-16(2)17(20)3)28-14-13-21(36-28)22(23(28)27(32)35)25(33)30-19-11-9-18(29)10-12-19/h9-14,16-17,20-24H,4-8,15H2,1-3H3,(H,30,33)(H,31,34)/t16-,17+,20+,21-,22+,23-,24-,28-/m0/s1. The topological polar surface area (TPSA) is 87.7 Å². The van der Waals surface area contributed by atoms with E-state index in [2.05, 4.69) is 31.4 Å². The Morgan fingerprint density at radius 1 is 1.17 bits per heavy atom. The van der Waals surface area contributed by atoms with E-state index in [0.29, 0.717) is 29.1 Å². The van der Waals surface area contributed by atoms with Crippen molar-refractivity contribution in [2.45, 2.75) is 76.7 Å². The first-order valence-electron chi connectivity index (χ1n) is 13.3. The highest BCUT2D eigenvalue weighted by Gasteiger charge is 2.72. The van der Waals surface area contributed by atoms with Crippen LogP contribution in [0.3, 0.4) is 0 Å². The lowest BCUT2D eigenvalue weighted by molar-refractivity contribution is -0.141. The van der Waals surface area contributed by atoms with E-state index in [1.165, 1.54) is 6.42 Å². The van der Waals surface area contributed by atoms with Crippen LogP contribution in [0.5, 0.6) is 0 Å². The van der Waals surface area contributed by atoms with Crippen LogP contribution in [-0.4, -0.2) is 53.0 Å². The van der Waals surface area contributed by atoms with E-state index < -0.39 is 29.6 Å². The van der Waals surface area contributed by atoms with E-state index in [1.54, 1.807) is 29.2 Å². The van der Waals surface area contributed by atoms with Gasteiger partial charge in [-0.25, -0.2) is 0 Å². The normalized spacial score (nSPS) is 36.7. The van der Waals surface area contributed by atoms with Gasteiger partial charge < -0.3 is 20.3 Å². The van der Waals surface area contributed by atoms with Crippen molar-refractivity contribution in [1.29, 1.82) is 0 Å². The van der Waals surface area contributed by atoms with E-state index in [0.717, 1.165) is 25.7 Å². The number of benzene rings is 1. The zero-order chi connectivity index (χ0) is 25.6. The van der Waals surface area contributed by atoms with Gasteiger partial charge in [0.05, 0.1) is 17.9 Å². The molecule has 1 aromatic rings. The van der Waals surface area contributed by atoms with Crippen LogP contribution >= 0.6 is 11.6 Å². The molecule has 1 spiro atoms. The van der Waals surface area contributed by atoms with Crippen molar-refractivity contribution < 1.29 is 19.1 Å². The zero-order valence-corrected chi connectivity index (χ0v) is 22.0. The van der Waals surface area contributed by atoms with Crippen LogP contribution < -0.4 is 10.6 Å². The molecule has 0 aromatic heterocycles. The molecule has 7 nitrogen and oxygen atoms in total. The van der Waals surface area contributed by atoms with Crippen LogP contribution in [0.4, 0.5) is 5.69 Å². The minimum absolute atomic E-state index is 0.0754. The third-order valence-electron chi connectivity index (χ3n) is 8.82. The number of halogens is 1. The summed E-state index contributed by atoms with van der Waals surface area (Å²) in [5.41, 5.74) is -0.515. The summed E-state index contributed by atoms with van der Waals surface area (Å²) in [6.07, 6.45) is 8.05. The number of hydrogen-bond donors (Lipinski definition) is 2. The highest BCUT2D eigenvalue weighted by Crippen LogP contribution is 2.55. The Morgan fingerprint density at radius 2 is 1.92 bits per heavy atom. The Bertz CT molecular complexity index is 1060. The number of rotatable bonds is 7. The first kappa shape index (κ1) is 25.3. The Balaban J connectivity index is 1.42. The van der Waals surface area contributed by atoms with Crippen LogP contribution in [-0.2, 0) is 19.1 Å². The number of unbranched alkanes of at least 4 members (excludes halogenated alkanes) is 1. The average molecular weight is 514 g/mol. The molecule has 0 unspecified atom stereocenters. The molecule has 1 aliphatic carbocycles. The summed E-state index contributed by atoms with van der Waals surface area (Å²) in [6.45, 7) is 6.96. The van der Waals surface area contributed by atoms with Gasteiger partial charge in [-0.15, -0.1) is 0 Å². The Hall–Kier alpha value is -2.38. The molecule has 5 rings (SSSR count). The van der Waals surface area contributed by atoms with Crippen molar-refractivity contribution in [2.75, 3.05) is 11.9 Å². The van der Waals surface area contributed by atoms with Gasteiger partial charge >= 0.3 is 0 Å². The Kier molecular flexibility index (Phi) is 6.90. The number of nitrogens with zero attached hydrogens (tertiary/aromatic N) is 1. The molecule has 3 fully saturated rings. The van der Waals surface area contributed by atoms with Crippen molar-refractivity contribution in [3.05, 3.63) is 41.4 Å². The lowest BCUT2D eigenvalue weighted by atomic mass is 9.73. The lowest BCUT2D eigenvalue weighted by Crippen LogP contribution is -2.58. The largest absolute Gasteiger partial charge is 0.359 e. The van der Waals surface area contributed by atoms with Gasteiger partial charge in [0.15, 0.2) is 0 Å². The van der Waals surface area contributed by atoms with E-state index in [-0.39, 0.29) is 23.8 Å². The smallest absolute Gasteiger partial charge is 0.246 e. The second kappa shape index (κ2) is 9.82. The van der Waals surface area contributed by atoms with E-state index >= 15 is 0 Å². The number of anilines is 1. The minimum atomic E-state index is -1.12. The van der Waals surface area contributed by atoms with Crippen molar-refractivity contribution in [1.82, 2.24) is 10.2 Å². The summed E-state index contributed by atoms with van der Waals surface area (Å²) in [7, 11) is 0. The van der Waals surface area contributed by atoms with Gasteiger partial charge in [-0.05, 0) is 48.9 Å². The van der Waals surface area contributed by atoms with Crippen molar-refractivity contribution in [2.24, 2.45) is 23.7 Å². The molecule has 2 N–H and O–H groups in total. The minimum Gasteiger partial charge on any atom is -0.359 e. The maximum atomic E-state index is 13.9. The SMILES string of the molecule is CCCCN1C(=O)[C@@H]2[C@H](C(=O)Nc3ccc(Cl)cc3)[C@@H]3C=C[C@@]2(O3)[C@@H]1C(=O)N[C@@H]1CCC[C@H](C)[C@H]1C. The monoisotopic (exact) mass is 513 g/mol. The average Bonchev–Trinajstić information content (AvgIpc) is 3.49. The maximum Gasteiger partial charge on any atom is 0.246 e. The molecule has 3 heterocycles. The highest BCUT2D eigenvalue weighted by atomic mass is 35.5. The van der Waals surface area contributed by atoms with Crippen LogP contribution in [0.2, 0.25) is 5.02 Å². The maximum absolute atomic E-state index is 13.9. The third kappa shape index (κ3) is 4.14. The van der Waals surface area contributed by atoms with Crippen molar-refractivity contribution >= 4 is 35.0 Å². The van der Waals surface area contributed by atoms with Crippen molar-refractivity contribution in [3.8, 4) is 0 Å². The van der Waals surface area contributed by atoms with E-state index in [4.69, 9.17) is 16.3 Å². The zero-order valence-electron chi connectivity index (χ0n) is 21.2. The fourth-order valence-corrected chi connectivity index (χ4v) is 6.77. The molecule has 194 valence electrons.